The highest BCUT2D eigenvalue weighted by molar-refractivity contribution is 5.85. The third-order valence-corrected chi connectivity index (χ3v) is 7.25. The Morgan fingerprint density at radius 1 is 1.10 bits per heavy atom. The standard InChI is InChI=1S/C24H32N6O/c1-15-7-6-12-29(14-15)22(23-26-27-28-30(23)18-8-4-5-9-18)20-13-19-16(2)10-11-17(3)21(19)25-24(20)31/h10-11,13,15,18,22H,4-9,12,14H2,1-3H3,(H,25,31)/t15-,22-/m1/s1. The van der Waals surface area contributed by atoms with Crippen LogP contribution in [0.1, 0.15) is 80.0 Å². The summed E-state index contributed by atoms with van der Waals surface area (Å²) in [4.78, 5) is 19.0. The number of H-pyrrole nitrogens is 1. The van der Waals surface area contributed by atoms with Crippen molar-refractivity contribution < 1.29 is 0 Å². The van der Waals surface area contributed by atoms with Gasteiger partial charge in [0.15, 0.2) is 5.82 Å². The molecule has 164 valence electrons. The Kier molecular flexibility index (Phi) is 5.38. The smallest absolute Gasteiger partial charge is 0.253 e. The van der Waals surface area contributed by atoms with Gasteiger partial charge in [0.2, 0.25) is 0 Å². The number of rotatable bonds is 4. The summed E-state index contributed by atoms with van der Waals surface area (Å²) < 4.78 is 2.02. The van der Waals surface area contributed by atoms with Gasteiger partial charge in [0.1, 0.15) is 6.04 Å². The van der Waals surface area contributed by atoms with Gasteiger partial charge in [-0.1, -0.05) is 31.9 Å². The van der Waals surface area contributed by atoms with Gasteiger partial charge in [-0.25, -0.2) is 4.68 Å². The van der Waals surface area contributed by atoms with E-state index in [1.807, 2.05) is 11.6 Å². The second-order valence-electron chi connectivity index (χ2n) is 9.61. The molecule has 31 heavy (non-hydrogen) atoms. The fourth-order valence-corrected chi connectivity index (χ4v) is 5.54. The largest absolute Gasteiger partial charge is 0.321 e. The van der Waals surface area contributed by atoms with Crippen molar-refractivity contribution in [3.63, 3.8) is 0 Å². The zero-order valence-electron chi connectivity index (χ0n) is 18.8. The van der Waals surface area contributed by atoms with E-state index in [4.69, 9.17) is 0 Å². The van der Waals surface area contributed by atoms with Gasteiger partial charge in [0, 0.05) is 17.5 Å². The van der Waals surface area contributed by atoms with Crippen molar-refractivity contribution in [1.82, 2.24) is 30.1 Å². The van der Waals surface area contributed by atoms with E-state index in [1.165, 1.54) is 24.8 Å². The van der Waals surface area contributed by atoms with Crippen molar-refractivity contribution in [2.24, 2.45) is 5.92 Å². The monoisotopic (exact) mass is 420 g/mol. The van der Waals surface area contributed by atoms with Crippen LogP contribution in [0.3, 0.4) is 0 Å². The lowest BCUT2D eigenvalue weighted by atomic mass is 9.94. The summed E-state index contributed by atoms with van der Waals surface area (Å²) in [6, 6.07) is 6.39. The quantitative estimate of drug-likeness (QED) is 0.688. The molecule has 0 spiro atoms. The van der Waals surface area contributed by atoms with E-state index >= 15 is 0 Å². The van der Waals surface area contributed by atoms with Crippen molar-refractivity contribution in [2.45, 2.75) is 71.4 Å². The molecule has 1 aliphatic carbocycles. The minimum atomic E-state index is -0.230. The fourth-order valence-electron chi connectivity index (χ4n) is 5.54. The maximum absolute atomic E-state index is 13.4. The molecule has 1 saturated heterocycles. The molecule has 7 nitrogen and oxygen atoms in total. The molecule has 5 rings (SSSR count). The number of hydrogen-bond acceptors (Lipinski definition) is 5. The second kappa shape index (κ2) is 8.19. The molecular weight excluding hydrogens is 388 g/mol. The van der Waals surface area contributed by atoms with Crippen molar-refractivity contribution in [3.05, 3.63) is 51.1 Å². The summed E-state index contributed by atoms with van der Waals surface area (Å²) in [5.74, 6) is 1.41. The van der Waals surface area contributed by atoms with Crippen LogP contribution >= 0.6 is 0 Å². The number of nitrogens with zero attached hydrogens (tertiary/aromatic N) is 5. The maximum atomic E-state index is 13.4. The third kappa shape index (κ3) is 3.69. The summed E-state index contributed by atoms with van der Waals surface area (Å²) >= 11 is 0. The molecule has 0 amide bonds. The molecule has 0 radical (unpaired) electrons. The Morgan fingerprint density at radius 3 is 2.65 bits per heavy atom. The van der Waals surface area contributed by atoms with Gasteiger partial charge in [-0.15, -0.1) is 5.10 Å². The molecule has 1 aromatic carbocycles. The molecule has 3 aromatic rings. The third-order valence-electron chi connectivity index (χ3n) is 7.25. The zero-order valence-corrected chi connectivity index (χ0v) is 18.8. The molecule has 2 fully saturated rings. The lowest BCUT2D eigenvalue weighted by Crippen LogP contribution is -2.41. The van der Waals surface area contributed by atoms with Crippen LogP contribution in [-0.2, 0) is 0 Å². The summed E-state index contributed by atoms with van der Waals surface area (Å²) in [6.45, 7) is 8.34. The van der Waals surface area contributed by atoms with Crippen LogP contribution in [0.15, 0.2) is 23.0 Å². The minimum Gasteiger partial charge on any atom is -0.321 e. The number of pyridine rings is 1. The average Bonchev–Trinajstić information content (AvgIpc) is 3.44. The Balaban J connectivity index is 1.69. The van der Waals surface area contributed by atoms with Crippen LogP contribution in [0, 0.1) is 19.8 Å². The highest BCUT2D eigenvalue weighted by atomic mass is 16.1. The topological polar surface area (TPSA) is 79.7 Å². The summed E-state index contributed by atoms with van der Waals surface area (Å²) in [5.41, 5.74) is 3.90. The minimum absolute atomic E-state index is 0.0367. The summed E-state index contributed by atoms with van der Waals surface area (Å²) in [6.07, 6.45) is 6.99. The Bertz CT molecular complexity index is 1140. The number of likely N-dealkylation sites (tertiary alicyclic amines) is 1. The van der Waals surface area contributed by atoms with E-state index in [1.54, 1.807) is 0 Å². The van der Waals surface area contributed by atoms with E-state index in [-0.39, 0.29) is 11.6 Å². The Hall–Kier alpha value is -2.54. The molecule has 2 aromatic heterocycles. The number of benzene rings is 1. The van der Waals surface area contributed by atoms with Gasteiger partial charge in [-0.05, 0) is 79.6 Å². The highest BCUT2D eigenvalue weighted by Gasteiger charge is 2.34. The maximum Gasteiger partial charge on any atom is 0.253 e. The number of aryl methyl sites for hydroxylation is 2. The number of hydrogen-bond donors (Lipinski definition) is 1. The molecular formula is C24H32N6O. The lowest BCUT2D eigenvalue weighted by molar-refractivity contribution is 0.139. The lowest BCUT2D eigenvalue weighted by Gasteiger charge is -2.36. The summed E-state index contributed by atoms with van der Waals surface area (Å²) in [5, 5.41) is 14.1. The van der Waals surface area contributed by atoms with E-state index in [9.17, 15) is 4.79 Å². The highest BCUT2D eigenvalue weighted by Crippen LogP contribution is 2.35. The number of fused-ring (bicyclic) bond motifs is 1. The van der Waals surface area contributed by atoms with Crippen LogP contribution in [0.4, 0.5) is 0 Å². The molecule has 2 aliphatic rings. The number of tetrazole rings is 1. The predicted molar refractivity (Wildman–Crippen MR) is 121 cm³/mol. The molecule has 0 bridgehead atoms. The van der Waals surface area contributed by atoms with Gasteiger partial charge in [0.05, 0.1) is 11.6 Å². The zero-order chi connectivity index (χ0) is 21.5. The van der Waals surface area contributed by atoms with Gasteiger partial charge in [-0.3, -0.25) is 9.69 Å². The Morgan fingerprint density at radius 2 is 1.87 bits per heavy atom. The van der Waals surface area contributed by atoms with Crippen LogP contribution in [0.2, 0.25) is 0 Å². The molecule has 1 saturated carbocycles. The van der Waals surface area contributed by atoms with Crippen LogP contribution < -0.4 is 5.56 Å². The molecule has 1 N–H and O–H groups in total. The van der Waals surface area contributed by atoms with Gasteiger partial charge >= 0.3 is 0 Å². The molecule has 1 aliphatic heterocycles. The molecule has 2 atom stereocenters. The first-order valence-corrected chi connectivity index (χ1v) is 11.7. The number of piperidine rings is 1. The number of aromatic nitrogens is 5. The predicted octanol–water partition coefficient (Wildman–Crippen LogP) is 4.07. The van der Waals surface area contributed by atoms with Crippen LogP contribution in [-0.4, -0.2) is 43.2 Å². The fraction of sp³-hybridized carbons (Fsp3) is 0.583. The van der Waals surface area contributed by atoms with E-state index < -0.39 is 0 Å². The first-order valence-electron chi connectivity index (χ1n) is 11.7. The van der Waals surface area contributed by atoms with Crippen LogP contribution in [0.25, 0.3) is 10.9 Å². The number of nitrogens with one attached hydrogen (secondary N) is 1. The van der Waals surface area contributed by atoms with E-state index in [0.29, 0.717) is 12.0 Å². The normalized spacial score (nSPS) is 21.7. The van der Waals surface area contributed by atoms with Crippen LogP contribution in [0.5, 0.6) is 0 Å². The van der Waals surface area contributed by atoms with Gasteiger partial charge in [0.25, 0.3) is 5.56 Å². The van der Waals surface area contributed by atoms with Crippen molar-refractivity contribution in [1.29, 1.82) is 0 Å². The van der Waals surface area contributed by atoms with E-state index in [0.717, 1.165) is 60.2 Å². The van der Waals surface area contributed by atoms with Gasteiger partial charge in [-0.2, -0.15) is 0 Å². The Labute approximate surface area is 182 Å². The van der Waals surface area contributed by atoms with Crippen molar-refractivity contribution >= 4 is 10.9 Å². The molecule has 3 heterocycles. The van der Waals surface area contributed by atoms with Gasteiger partial charge < -0.3 is 4.98 Å². The van der Waals surface area contributed by atoms with E-state index in [2.05, 4.69) is 57.5 Å². The summed E-state index contributed by atoms with van der Waals surface area (Å²) in [7, 11) is 0. The number of aromatic amines is 1. The average molecular weight is 421 g/mol. The first kappa shape index (κ1) is 20.4. The van der Waals surface area contributed by atoms with Crippen molar-refractivity contribution in [2.75, 3.05) is 13.1 Å². The second-order valence-corrected chi connectivity index (χ2v) is 9.61. The SMILES string of the molecule is Cc1ccc(C)c2[nH]c(=O)c([C@H](c3nnnn3C3CCCC3)N3CCC[C@@H](C)C3)cc12. The van der Waals surface area contributed by atoms with Crippen molar-refractivity contribution in [3.8, 4) is 0 Å². The molecule has 7 heteroatoms. The molecule has 0 unspecified atom stereocenters. The first-order chi connectivity index (χ1) is 15.0.